The zero-order valence-corrected chi connectivity index (χ0v) is 18.7. The molecule has 6 heteroatoms. The number of fused-ring (bicyclic) bond motifs is 1. The number of benzene rings is 2. The Morgan fingerprint density at radius 3 is 2.61 bits per heavy atom. The Morgan fingerprint density at radius 1 is 1.10 bits per heavy atom. The number of nitrogens with zero attached hydrogens (tertiary/aromatic N) is 1. The maximum Gasteiger partial charge on any atom is 0.225 e. The van der Waals surface area contributed by atoms with Crippen molar-refractivity contribution in [3.8, 4) is 0 Å². The molecule has 1 fully saturated rings. The predicted molar refractivity (Wildman–Crippen MR) is 125 cm³/mol. The Balaban J connectivity index is 1.34. The summed E-state index contributed by atoms with van der Waals surface area (Å²) in [6.45, 7) is 7.81. The van der Waals surface area contributed by atoms with Crippen LogP contribution in [0.15, 0.2) is 42.5 Å². The summed E-state index contributed by atoms with van der Waals surface area (Å²) in [6.07, 6.45) is 3.22. The van der Waals surface area contributed by atoms with Gasteiger partial charge in [0.15, 0.2) is 0 Å². The van der Waals surface area contributed by atoms with Crippen molar-refractivity contribution in [1.29, 1.82) is 0 Å². The summed E-state index contributed by atoms with van der Waals surface area (Å²) in [6, 6.07) is 14.0. The number of rotatable bonds is 10. The van der Waals surface area contributed by atoms with E-state index in [9.17, 15) is 9.59 Å². The van der Waals surface area contributed by atoms with Crippen molar-refractivity contribution in [3.63, 3.8) is 0 Å². The van der Waals surface area contributed by atoms with Gasteiger partial charge in [-0.1, -0.05) is 36.4 Å². The molecule has 2 N–H and O–H groups in total. The number of hydrogen-bond donors (Lipinski definition) is 2. The first-order valence-electron chi connectivity index (χ1n) is 11.4. The summed E-state index contributed by atoms with van der Waals surface area (Å²) in [4.78, 5) is 27.1. The SMILES string of the molecule is CC(C)OCCCNC(=O)C1CCN(CCC(=O)Nc2cccc3ccccc23)CC1. The number of nitrogens with one attached hydrogen (secondary N) is 2. The highest BCUT2D eigenvalue weighted by molar-refractivity contribution is 6.02. The molecule has 1 heterocycles. The molecule has 2 aromatic carbocycles. The molecule has 0 spiro atoms. The molecular formula is C25H35N3O3. The Bertz CT molecular complexity index is 855. The van der Waals surface area contributed by atoms with Crippen LogP contribution in [0.5, 0.6) is 0 Å². The third kappa shape index (κ3) is 7.33. The second kappa shape index (κ2) is 11.8. The lowest BCUT2D eigenvalue weighted by Crippen LogP contribution is -2.41. The summed E-state index contributed by atoms with van der Waals surface area (Å²) in [5.41, 5.74) is 0.859. The molecule has 0 aliphatic carbocycles. The highest BCUT2D eigenvalue weighted by Crippen LogP contribution is 2.23. The van der Waals surface area contributed by atoms with Crippen molar-refractivity contribution in [3.05, 3.63) is 42.5 Å². The fourth-order valence-electron chi connectivity index (χ4n) is 3.97. The van der Waals surface area contributed by atoms with E-state index >= 15 is 0 Å². The molecule has 0 atom stereocenters. The molecule has 31 heavy (non-hydrogen) atoms. The highest BCUT2D eigenvalue weighted by atomic mass is 16.5. The number of carbonyl (C=O) groups is 2. The van der Waals surface area contributed by atoms with Gasteiger partial charge in [-0.2, -0.15) is 0 Å². The molecule has 2 amide bonds. The van der Waals surface area contributed by atoms with Gasteiger partial charge in [0.25, 0.3) is 0 Å². The molecule has 0 unspecified atom stereocenters. The smallest absolute Gasteiger partial charge is 0.225 e. The van der Waals surface area contributed by atoms with Crippen LogP contribution in [-0.2, 0) is 14.3 Å². The van der Waals surface area contributed by atoms with Crippen LogP contribution in [0.2, 0.25) is 0 Å². The molecular weight excluding hydrogens is 390 g/mol. The van der Waals surface area contributed by atoms with Gasteiger partial charge in [0.2, 0.25) is 11.8 Å². The van der Waals surface area contributed by atoms with Gasteiger partial charge >= 0.3 is 0 Å². The second-order valence-electron chi connectivity index (χ2n) is 8.50. The largest absolute Gasteiger partial charge is 0.379 e. The first-order chi connectivity index (χ1) is 15.0. The Labute approximate surface area is 185 Å². The van der Waals surface area contributed by atoms with Crippen molar-refractivity contribution in [2.45, 2.75) is 45.6 Å². The van der Waals surface area contributed by atoms with E-state index in [1.807, 2.05) is 56.3 Å². The quantitative estimate of drug-likeness (QED) is 0.568. The van der Waals surface area contributed by atoms with Crippen LogP contribution < -0.4 is 10.6 Å². The Hall–Kier alpha value is -2.44. The highest BCUT2D eigenvalue weighted by Gasteiger charge is 2.24. The monoisotopic (exact) mass is 425 g/mol. The molecule has 0 saturated carbocycles. The normalized spacial score (nSPS) is 15.3. The van der Waals surface area contributed by atoms with Crippen molar-refractivity contribution in [2.75, 3.05) is 38.1 Å². The lowest BCUT2D eigenvalue weighted by Gasteiger charge is -2.31. The van der Waals surface area contributed by atoms with Gasteiger partial charge in [-0.3, -0.25) is 9.59 Å². The van der Waals surface area contributed by atoms with Crippen LogP contribution in [0.4, 0.5) is 5.69 Å². The molecule has 1 saturated heterocycles. The van der Waals surface area contributed by atoms with Crippen LogP contribution in [0.3, 0.4) is 0 Å². The number of anilines is 1. The van der Waals surface area contributed by atoms with E-state index in [4.69, 9.17) is 4.74 Å². The van der Waals surface area contributed by atoms with Crippen LogP contribution >= 0.6 is 0 Å². The predicted octanol–water partition coefficient (Wildman–Crippen LogP) is 3.81. The first kappa shape index (κ1) is 23.2. The summed E-state index contributed by atoms with van der Waals surface area (Å²) in [5, 5.41) is 8.26. The summed E-state index contributed by atoms with van der Waals surface area (Å²) in [5.74, 6) is 0.254. The molecule has 168 valence electrons. The fraction of sp³-hybridized carbons (Fsp3) is 0.520. The number of hydrogen-bond acceptors (Lipinski definition) is 4. The standard InChI is InChI=1S/C25H35N3O3/c1-19(2)31-18-6-14-26-25(30)21-11-15-28(16-12-21)17-13-24(29)27-23-10-5-8-20-7-3-4-9-22(20)23/h3-5,7-10,19,21H,6,11-18H2,1-2H3,(H,26,30)(H,27,29). The summed E-state index contributed by atoms with van der Waals surface area (Å²) in [7, 11) is 0. The van der Waals surface area contributed by atoms with Crippen molar-refractivity contribution < 1.29 is 14.3 Å². The third-order valence-corrected chi connectivity index (χ3v) is 5.75. The molecule has 1 aliphatic heterocycles. The molecule has 6 nitrogen and oxygen atoms in total. The minimum atomic E-state index is 0.0276. The lowest BCUT2D eigenvalue weighted by molar-refractivity contribution is -0.126. The van der Waals surface area contributed by atoms with E-state index in [1.54, 1.807) is 0 Å². The van der Waals surface area contributed by atoms with Crippen LogP contribution in [0.1, 0.15) is 39.5 Å². The van der Waals surface area contributed by atoms with E-state index in [1.165, 1.54) is 0 Å². The molecule has 0 radical (unpaired) electrons. The minimum Gasteiger partial charge on any atom is -0.379 e. The number of amides is 2. The van der Waals surface area contributed by atoms with E-state index in [0.29, 0.717) is 19.6 Å². The Morgan fingerprint density at radius 2 is 1.84 bits per heavy atom. The van der Waals surface area contributed by atoms with Gasteiger partial charge < -0.3 is 20.3 Å². The topological polar surface area (TPSA) is 70.7 Å². The number of carbonyl (C=O) groups excluding carboxylic acids is 2. The van der Waals surface area contributed by atoms with Gasteiger partial charge in [0.05, 0.1) is 6.10 Å². The summed E-state index contributed by atoms with van der Waals surface area (Å²) < 4.78 is 5.50. The maximum atomic E-state index is 12.5. The van der Waals surface area contributed by atoms with E-state index in [2.05, 4.69) is 15.5 Å². The number of piperidine rings is 1. The van der Waals surface area contributed by atoms with E-state index in [-0.39, 0.29) is 23.8 Å². The van der Waals surface area contributed by atoms with E-state index in [0.717, 1.165) is 55.4 Å². The zero-order chi connectivity index (χ0) is 22.1. The second-order valence-corrected chi connectivity index (χ2v) is 8.50. The average molecular weight is 426 g/mol. The maximum absolute atomic E-state index is 12.5. The van der Waals surface area contributed by atoms with Gasteiger partial charge in [0, 0.05) is 43.1 Å². The van der Waals surface area contributed by atoms with Crippen LogP contribution in [0, 0.1) is 5.92 Å². The number of likely N-dealkylation sites (tertiary alicyclic amines) is 1. The van der Waals surface area contributed by atoms with E-state index < -0.39 is 0 Å². The average Bonchev–Trinajstić information content (AvgIpc) is 2.78. The molecule has 2 aromatic rings. The van der Waals surface area contributed by atoms with Crippen molar-refractivity contribution >= 4 is 28.3 Å². The van der Waals surface area contributed by atoms with Gasteiger partial charge in [-0.15, -0.1) is 0 Å². The van der Waals surface area contributed by atoms with Gasteiger partial charge in [0.1, 0.15) is 0 Å². The molecule has 0 aromatic heterocycles. The van der Waals surface area contributed by atoms with Crippen LogP contribution in [-0.4, -0.2) is 55.6 Å². The molecule has 0 bridgehead atoms. The van der Waals surface area contributed by atoms with Crippen LogP contribution in [0.25, 0.3) is 10.8 Å². The zero-order valence-electron chi connectivity index (χ0n) is 18.7. The fourth-order valence-corrected chi connectivity index (χ4v) is 3.97. The molecule has 3 rings (SSSR count). The lowest BCUT2D eigenvalue weighted by atomic mass is 9.96. The molecule has 1 aliphatic rings. The minimum absolute atomic E-state index is 0.0276. The van der Waals surface area contributed by atoms with Crippen molar-refractivity contribution in [2.24, 2.45) is 5.92 Å². The number of ether oxygens (including phenoxy) is 1. The Kier molecular flexibility index (Phi) is 8.85. The van der Waals surface area contributed by atoms with Crippen molar-refractivity contribution in [1.82, 2.24) is 10.2 Å². The third-order valence-electron chi connectivity index (χ3n) is 5.75. The van der Waals surface area contributed by atoms with Gasteiger partial charge in [-0.25, -0.2) is 0 Å². The first-order valence-corrected chi connectivity index (χ1v) is 11.4. The van der Waals surface area contributed by atoms with Gasteiger partial charge in [-0.05, 0) is 57.7 Å². The summed E-state index contributed by atoms with van der Waals surface area (Å²) >= 11 is 0.